The van der Waals surface area contributed by atoms with Gasteiger partial charge in [-0.2, -0.15) is 0 Å². The Kier molecular flexibility index (Phi) is 6.44. The van der Waals surface area contributed by atoms with Crippen LogP contribution < -0.4 is 16.0 Å². The first-order valence-electron chi connectivity index (χ1n) is 8.42. The van der Waals surface area contributed by atoms with E-state index < -0.39 is 0 Å². The van der Waals surface area contributed by atoms with Gasteiger partial charge in [-0.15, -0.1) is 0 Å². The zero-order valence-electron chi connectivity index (χ0n) is 14.4. The van der Waals surface area contributed by atoms with Gasteiger partial charge in [0.1, 0.15) is 0 Å². The number of hydrogen-bond acceptors (Lipinski definition) is 2. The number of amides is 1. The molecule has 1 amide bonds. The molecule has 0 heterocycles. The summed E-state index contributed by atoms with van der Waals surface area (Å²) in [7, 11) is 1.76. The van der Waals surface area contributed by atoms with E-state index in [9.17, 15) is 4.79 Å². The number of nitrogens with zero attached hydrogens (tertiary/aromatic N) is 1. The number of guanidine groups is 1. The zero-order chi connectivity index (χ0) is 16.7. The highest BCUT2D eigenvalue weighted by atomic mass is 16.1. The third-order valence-corrected chi connectivity index (χ3v) is 4.05. The summed E-state index contributed by atoms with van der Waals surface area (Å²) in [5.74, 6) is 0.925. The molecule has 0 aliphatic heterocycles. The lowest BCUT2D eigenvalue weighted by atomic mass is 10.0. The fourth-order valence-electron chi connectivity index (χ4n) is 2.53. The zero-order valence-corrected chi connectivity index (χ0v) is 14.4. The molecule has 1 aliphatic carbocycles. The van der Waals surface area contributed by atoms with Crippen molar-refractivity contribution in [1.82, 2.24) is 16.0 Å². The van der Waals surface area contributed by atoms with Gasteiger partial charge in [0.15, 0.2) is 5.96 Å². The summed E-state index contributed by atoms with van der Waals surface area (Å²) in [6, 6.07) is 8.96. The molecule has 1 fully saturated rings. The molecule has 1 aromatic rings. The van der Waals surface area contributed by atoms with Crippen molar-refractivity contribution in [3.63, 3.8) is 0 Å². The predicted molar refractivity (Wildman–Crippen MR) is 94.5 cm³/mol. The number of carbonyl (C=O) groups excluding carboxylic acids is 1. The summed E-state index contributed by atoms with van der Waals surface area (Å²) in [6.07, 6.45) is 3.64. The van der Waals surface area contributed by atoms with E-state index in [-0.39, 0.29) is 11.9 Å². The Labute approximate surface area is 139 Å². The molecular weight excluding hydrogens is 288 g/mol. The Balaban J connectivity index is 1.70. The van der Waals surface area contributed by atoms with Crippen LogP contribution in [-0.4, -0.2) is 31.5 Å². The van der Waals surface area contributed by atoms with E-state index >= 15 is 0 Å². The molecule has 3 N–H and O–H groups in total. The Morgan fingerprint density at radius 3 is 2.74 bits per heavy atom. The first-order valence-corrected chi connectivity index (χ1v) is 8.42. The normalized spacial score (nSPS) is 15.9. The Hall–Kier alpha value is -2.04. The van der Waals surface area contributed by atoms with Crippen LogP contribution >= 0.6 is 0 Å². The van der Waals surface area contributed by atoms with Crippen LogP contribution in [0.5, 0.6) is 0 Å². The Bertz CT molecular complexity index is 552. The van der Waals surface area contributed by atoms with E-state index in [4.69, 9.17) is 0 Å². The van der Waals surface area contributed by atoms with Crippen LogP contribution in [0.1, 0.15) is 49.8 Å². The number of rotatable bonds is 7. The quantitative estimate of drug-likeness (QED) is 0.411. The minimum absolute atomic E-state index is 0.158. The molecule has 1 aliphatic rings. The van der Waals surface area contributed by atoms with Crippen LogP contribution in [0.4, 0.5) is 0 Å². The molecule has 5 heteroatoms. The van der Waals surface area contributed by atoms with Crippen molar-refractivity contribution in [3.05, 3.63) is 35.4 Å². The second-order valence-corrected chi connectivity index (χ2v) is 6.17. The minimum Gasteiger partial charge on any atom is -0.356 e. The Morgan fingerprint density at radius 1 is 1.35 bits per heavy atom. The lowest BCUT2D eigenvalue weighted by Crippen LogP contribution is -2.39. The smallest absolute Gasteiger partial charge is 0.220 e. The van der Waals surface area contributed by atoms with Crippen molar-refractivity contribution in [2.24, 2.45) is 4.99 Å². The van der Waals surface area contributed by atoms with Gasteiger partial charge in [0.2, 0.25) is 5.91 Å². The van der Waals surface area contributed by atoms with Crippen LogP contribution in [-0.2, 0) is 4.79 Å². The van der Waals surface area contributed by atoms with Gasteiger partial charge in [0, 0.05) is 26.1 Å². The van der Waals surface area contributed by atoms with Crippen LogP contribution in [0.2, 0.25) is 0 Å². The maximum Gasteiger partial charge on any atom is 0.220 e. The van der Waals surface area contributed by atoms with E-state index in [0.29, 0.717) is 12.5 Å². The number of carbonyl (C=O) groups is 1. The molecule has 2 rings (SSSR count). The molecule has 1 atom stereocenters. The van der Waals surface area contributed by atoms with Crippen molar-refractivity contribution in [1.29, 1.82) is 0 Å². The number of aliphatic imine (C=N–C) groups is 1. The highest BCUT2D eigenvalue weighted by Crippen LogP contribution is 2.18. The average Bonchev–Trinajstić information content (AvgIpc) is 3.34. The SMILES string of the molecule is CN=C(NCCCC(=O)NC1CC1)NC(C)c1ccccc1C. The molecule has 1 aromatic carbocycles. The highest BCUT2D eigenvalue weighted by molar-refractivity contribution is 5.80. The van der Waals surface area contributed by atoms with Crippen molar-refractivity contribution in [3.8, 4) is 0 Å². The van der Waals surface area contributed by atoms with E-state index in [2.05, 4.69) is 53.0 Å². The van der Waals surface area contributed by atoms with Gasteiger partial charge < -0.3 is 16.0 Å². The van der Waals surface area contributed by atoms with Crippen molar-refractivity contribution < 1.29 is 4.79 Å². The molecular formula is C18H28N4O. The van der Waals surface area contributed by atoms with Crippen LogP contribution in [0.3, 0.4) is 0 Å². The molecule has 0 radical (unpaired) electrons. The predicted octanol–water partition coefficient (Wildman–Crippen LogP) is 2.28. The molecule has 1 unspecified atom stereocenters. The molecule has 0 aromatic heterocycles. The summed E-state index contributed by atoms with van der Waals surface area (Å²) in [6.45, 7) is 4.97. The van der Waals surface area contributed by atoms with Crippen LogP contribution in [0.15, 0.2) is 29.3 Å². The third-order valence-electron chi connectivity index (χ3n) is 4.05. The number of benzene rings is 1. The largest absolute Gasteiger partial charge is 0.356 e. The standard InChI is InChI=1S/C18H28N4O/c1-13-7-4-5-8-16(13)14(2)21-18(19-3)20-12-6-9-17(23)22-15-10-11-15/h4-5,7-8,14-15H,6,9-12H2,1-3H3,(H,22,23)(H2,19,20,21). The second-order valence-electron chi connectivity index (χ2n) is 6.17. The van der Waals surface area contributed by atoms with Gasteiger partial charge in [-0.3, -0.25) is 9.79 Å². The van der Waals surface area contributed by atoms with Gasteiger partial charge >= 0.3 is 0 Å². The van der Waals surface area contributed by atoms with Crippen molar-refractivity contribution >= 4 is 11.9 Å². The summed E-state index contributed by atoms with van der Waals surface area (Å²) in [5, 5.41) is 9.67. The molecule has 0 saturated heterocycles. The van der Waals surface area contributed by atoms with Gasteiger partial charge in [-0.1, -0.05) is 24.3 Å². The maximum absolute atomic E-state index is 11.6. The average molecular weight is 316 g/mol. The van der Waals surface area contributed by atoms with E-state index in [1.54, 1.807) is 7.05 Å². The van der Waals surface area contributed by atoms with E-state index in [1.807, 2.05) is 6.07 Å². The molecule has 126 valence electrons. The van der Waals surface area contributed by atoms with Gasteiger partial charge in [-0.05, 0) is 44.2 Å². The van der Waals surface area contributed by atoms with Crippen molar-refractivity contribution in [2.75, 3.05) is 13.6 Å². The Morgan fingerprint density at radius 2 is 2.09 bits per heavy atom. The van der Waals surface area contributed by atoms with Gasteiger partial charge in [-0.25, -0.2) is 0 Å². The van der Waals surface area contributed by atoms with E-state index in [0.717, 1.165) is 31.8 Å². The maximum atomic E-state index is 11.6. The monoisotopic (exact) mass is 316 g/mol. The number of hydrogen-bond donors (Lipinski definition) is 3. The highest BCUT2D eigenvalue weighted by Gasteiger charge is 2.22. The van der Waals surface area contributed by atoms with Crippen molar-refractivity contribution in [2.45, 2.75) is 51.6 Å². The summed E-state index contributed by atoms with van der Waals surface area (Å²) in [4.78, 5) is 15.9. The van der Waals surface area contributed by atoms with Gasteiger partial charge in [0.05, 0.1) is 6.04 Å². The van der Waals surface area contributed by atoms with Crippen LogP contribution in [0.25, 0.3) is 0 Å². The fraction of sp³-hybridized carbons (Fsp3) is 0.556. The third kappa shape index (κ3) is 5.93. The molecule has 23 heavy (non-hydrogen) atoms. The van der Waals surface area contributed by atoms with Crippen LogP contribution in [0, 0.1) is 6.92 Å². The lowest BCUT2D eigenvalue weighted by molar-refractivity contribution is -0.121. The molecule has 5 nitrogen and oxygen atoms in total. The first kappa shape index (κ1) is 17.3. The fourth-order valence-corrected chi connectivity index (χ4v) is 2.53. The minimum atomic E-state index is 0.158. The topological polar surface area (TPSA) is 65.5 Å². The van der Waals surface area contributed by atoms with Gasteiger partial charge in [0.25, 0.3) is 0 Å². The number of aryl methyl sites for hydroxylation is 1. The molecule has 1 saturated carbocycles. The summed E-state index contributed by atoms with van der Waals surface area (Å²) >= 11 is 0. The number of nitrogens with one attached hydrogen (secondary N) is 3. The lowest BCUT2D eigenvalue weighted by Gasteiger charge is -2.19. The molecule has 0 bridgehead atoms. The van der Waals surface area contributed by atoms with E-state index in [1.165, 1.54) is 11.1 Å². The molecule has 0 spiro atoms. The first-order chi connectivity index (χ1) is 11.1. The summed E-state index contributed by atoms with van der Waals surface area (Å²) < 4.78 is 0. The summed E-state index contributed by atoms with van der Waals surface area (Å²) in [5.41, 5.74) is 2.53. The second kappa shape index (κ2) is 8.56.